The summed E-state index contributed by atoms with van der Waals surface area (Å²) in [5.41, 5.74) is 2.63. The first-order valence-corrected chi connectivity index (χ1v) is 11.2. The number of aryl methyl sites for hydroxylation is 1. The van der Waals surface area contributed by atoms with E-state index in [9.17, 15) is 5.11 Å². The molecule has 1 saturated heterocycles. The highest BCUT2D eigenvalue weighted by Gasteiger charge is 2.45. The molecule has 2 aliphatic rings. The number of rotatable bonds is 7. The van der Waals surface area contributed by atoms with Crippen molar-refractivity contribution in [1.29, 1.82) is 0 Å². The van der Waals surface area contributed by atoms with Crippen LogP contribution >= 0.6 is 11.6 Å². The van der Waals surface area contributed by atoms with Gasteiger partial charge in [-0.3, -0.25) is 0 Å². The molecule has 2 nitrogen and oxygen atoms in total. The Morgan fingerprint density at radius 2 is 1.79 bits per heavy atom. The fourth-order valence-electron chi connectivity index (χ4n) is 5.14. The highest BCUT2D eigenvalue weighted by Crippen LogP contribution is 2.47. The van der Waals surface area contributed by atoms with Gasteiger partial charge in [-0.2, -0.15) is 0 Å². The topological polar surface area (TPSA) is 23.5 Å². The molecule has 1 heterocycles. The first-order chi connectivity index (χ1) is 13.7. The van der Waals surface area contributed by atoms with Gasteiger partial charge in [-0.25, -0.2) is 0 Å². The molecule has 2 aromatic rings. The minimum Gasteiger partial charge on any atom is -0.391 e. The number of piperidine rings is 1. The number of aliphatic hydroxyl groups excluding tert-OH is 1. The molecule has 0 aromatic heterocycles. The number of nitrogens with zero attached hydrogens (tertiary/aromatic N) is 1. The number of benzene rings is 2. The molecule has 2 fully saturated rings. The standard InChI is InChI=1S/C25H32ClNO/c26-23-13-11-22(12-14-23)25(15-5-16-25)24(28)19-27-17-4-8-21(18-27)10-9-20-6-2-1-3-7-20/h1-3,6-7,11-14,21,24,28H,4-5,8-10,15-19H2/t21-,24-/m0/s1. The molecule has 1 aliphatic heterocycles. The van der Waals surface area contributed by atoms with E-state index < -0.39 is 0 Å². The molecule has 0 radical (unpaired) electrons. The molecule has 0 amide bonds. The lowest BCUT2D eigenvalue weighted by Gasteiger charge is -2.48. The second-order valence-corrected chi connectivity index (χ2v) is 9.26. The molecule has 3 heteroatoms. The van der Waals surface area contributed by atoms with Gasteiger partial charge < -0.3 is 10.0 Å². The van der Waals surface area contributed by atoms with Gasteiger partial charge in [0.1, 0.15) is 0 Å². The second-order valence-electron chi connectivity index (χ2n) is 8.82. The smallest absolute Gasteiger partial charge is 0.0763 e. The zero-order valence-corrected chi connectivity index (χ0v) is 17.5. The average molecular weight is 398 g/mol. The van der Waals surface area contributed by atoms with E-state index in [-0.39, 0.29) is 11.5 Å². The Bertz CT molecular complexity index is 741. The van der Waals surface area contributed by atoms with Crippen LogP contribution in [0.4, 0.5) is 0 Å². The number of aliphatic hydroxyl groups is 1. The van der Waals surface area contributed by atoms with E-state index in [0.717, 1.165) is 49.8 Å². The number of hydrogen-bond acceptors (Lipinski definition) is 2. The van der Waals surface area contributed by atoms with E-state index in [4.69, 9.17) is 11.6 Å². The largest absolute Gasteiger partial charge is 0.391 e. The van der Waals surface area contributed by atoms with Crippen LogP contribution in [0.1, 0.15) is 49.7 Å². The summed E-state index contributed by atoms with van der Waals surface area (Å²) in [4.78, 5) is 2.51. The Morgan fingerprint density at radius 1 is 1.04 bits per heavy atom. The van der Waals surface area contributed by atoms with Crippen LogP contribution in [-0.2, 0) is 11.8 Å². The molecule has 2 aromatic carbocycles. The average Bonchev–Trinajstić information content (AvgIpc) is 2.68. The Kier molecular flexibility index (Phi) is 6.40. The third-order valence-corrected chi connectivity index (χ3v) is 7.27. The maximum Gasteiger partial charge on any atom is 0.0763 e. The fraction of sp³-hybridized carbons (Fsp3) is 0.520. The molecule has 4 rings (SSSR count). The van der Waals surface area contributed by atoms with Crippen molar-refractivity contribution in [2.75, 3.05) is 19.6 Å². The fourth-order valence-corrected chi connectivity index (χ4v) is 5.27. The number of likely N-dealkylation sites (tertiary alicyclic amines) is 1. The van der Waals surface area contributed by atoms with Crippen LogP contribution in [0.15, 0.2) is 54.6 Å². The van der Waals surface area contributed by atoms with Crippen molar-refractivity contribution >= 4 is 11.6 Å². The first-order valence-electron chi connectivity index (χ1n) is 10.9. The normalized spacial score (nSPS) is 23.1. The van der Waals surface area contributed by atoms with Crippen molar-refractivity contribution in [1.82, 2.24) is 4.90 Å². The van der Waals surface area contributed by atoms with Gasteiger partial charge in [0.25, 0.3) is 0 Å². The highest BCUT2D eigenvalue weighted by molar-refractivity contribution is 6.30. The Morgan fingerprint density at radius 3 is 2.46 bits per heavy atom. The maximum atomic E-state index is 11.2. The van der Waals surface area contributed by atoms with Crippen molar-refractivity contribution < 1.29 is 5.11 Å². The van der Waals surface area contributed by atoms with E-state index in [1.54, 1.807) is 0 Å². The van der Waals surface area contributed by atoms with E-state index in [0.29, 0.717) is 0 Å². The Balaban J connectivity index is 1.34. The van der Waals surface area contributed by atoms with Gasteiger partial charge in [0.05, 0.1) is 6.10 Å². The van der Waals surface area contributed by atoms with Crippen molar-refractivity contribution in [2.24, 2.45) is 5.92 Å². The van der Waals surface area contributed by atoms with Gasteiger partial charge in [-0.05, 0) is 74.2 Å². The molecular formula is C25H32ClNO. The number of hydrogen-bond donors (Lipinski definition) is 1. The number of halogens is 1. The summed E-state index contributed by atoms with van der Waals surface area (Å²) < 4.78 is 0. The highest BCUT2D eigenvalue weighted by atomic mass is 35.5. The zero-order chi connectivity index (χ0) is 19.4. The zero-order valence-electron chi connectivity index (χ0n) is 16.7. The summed E-state index contributed by atoms with van der Waals surface area (Å²) in [6, 6.07) is 19.0. The van der Waals surface area contributed by atoms with E-state index >= 15 is 0 Å². The lowest BCUT2D eigenvalue weighted by atomic mass is 9.61. The van der Waals surface area contributed by atoms with Gasteiger partial charge in [0.2, 0.25) is 0 Å². The first kappa shape index (κ1) is 19.9. The molecule has 0 spiro atoms. The van der Waals surface area contributed by atoms with Crippen LogP contribution in [0.25, 0.3) is 0 Å². The van der Waals surface area contributed by atoms with Crippen LogP contribution in [0, 0.1) is 5.92 Å². The van der Waals surface area contributed by atoms with E-state index in [1.807, 2.05) is 12.1 Å². The second kappa shape index (κ2) is 8.98. The van der Waals surface area contributed by atoms with Crippen LogP contribution in [0.5, 0.6) is 0 Å². The van der Waals surface area contributed by atoms with Crippen LogP contribution in [-0.4, -0.2) is 35.7 Å². The van der Waals surface area contributed by atoms with Crippen LogP contribution in [0.3, 0.4) is 0 Å². The van der Waals surface area contributed by atoms with Crippen LogP contribution in [0.2, 0.25) is 5.02 Å². The summed E-state index contributed by atoms with van der Waals surface area (Å²) in [5, 5.41) is 12.0. The van der Waals surface area contributed by atoms with Gasteiger partial charge in [0, 0.05) is 23.5 Å². The van der Waals surface area contributed by atoms with Crippen molar-refractivity contribution in [3.05, 3.63) is 70.7 Å². The monoisotopic (exact) mass is 397 g/mol. The number of β-amino-alcohol motifs (C(OH)–C–C–N with tert-alkyl or cyclic N) is 1. The molecule has 1 N–H and O–H groups in total. The predicted octanol–water partition coefficient (Wildman–Crippen LogP) is 5.47. The SMILES string of the molecule is O[C@@H](CN1CCC[C@@H](CCc2ccccc2)C1)C1(c2ccc(Cl)cc2)CCC1. The summed E-state index contributed by atoms with van der Waals surface area (Å²) in [5.74, 6) is 0.744. The third-order valence-electron chi connectivity index (χ3n) is 7.02. The van der Waals surface area contributed by atoms with Gasteiger partial charge >= 0.3 is 0 Å². The molecule has 150 valence electrons. The molecule has 0 bridgehead atoms. The minimum atomic E-state index is -0.296. The molecule has 1 aliphatic carbocycles. The van der Waals surface area contributed by atoms with Crippen LogP contribution < -0.4 is 0 Å². The summed E-state index contributed by atoms with van der Waals surface area (Å²) in [7, 11) is 0. The Hall–Kier alpha value is -1.35. The lowest BCUT2D eigenvalue weighted by molar-refractivity contribution is -0.00655. The third kappa shape index (κ3) is 4.45. The molecular weight excluding hydrogens is 366 g/mol. The lowest BCUT2D eigenvalue weighted by Crippen LogP contribution is -2.52. The van der Waals surface area contributed by atoms with E-state index in [1.165, 1.54) is 36.8 Å². The Labute approximate surface area is 174 Å². The molecule has 28 heavy (non-hydrogen) atoms. The van der Waals surface area contributed by atoms with Crippen molar-refractivity contribution in [3.8, 4) is 0 Å². The van der Waals surface area contributed by atoms with Gasteiger partial charge in [-0.1, -0.05) is 60.5 Å². The summed E-state index contributed by atoms with van der Waals surface area (Å²) in [6.45, 7) is 3.04. The quantitative estimate of drug-likeness (QED) is 0.669. The predicted molar refractivity (Wildman–Crippen MR) is 117 cm³/mol. The minimum absolute atomic E-state index is 0.0679. The van der Waals surface area contributed by atoms with Gasteiger partial charge in [-0.15, -0.1) is 0 Å². The molecule has 0 unspecified atom stereocenters. The molecule has 1 saturated carbocycles. The summed E-state index contributed by atoms with van der Waals surface area (Å²) in [6.07, 6.45) is 8.06. The van der Waals surface area contributed by atoms with Crippen molar-refractivity contribution in [3.63, 3.8) is 0 Å². The summed E-state index contributed by atoms with van der Waals surface area (Å²) >= 11 is 6.08. The maximum absolute atomic E-state index is 11.2. The van der Waals surface area contributed by atoms with E-state index in [2.05, 4.69) is 47.4 Å². The van der Waals surface area contributed by atoms with Gasteiger partial charge in [0.15, 0.2) is 0 Å². The molecule has 2 atom stereocenters. The van der Waals surface area contributed by atoms with Crippen molar-refractivity contribution in [2.45, 2.75) is 56.5 Å².